The lowest BCUT2D eigenvalue weighted by atomic mass is 10.5. The van der Waals surface area contributed by atoms with E-state index in [1.165, 1.54) is 5.17 Å². The van der Waals surface area contributed by atoms with Crippen molar-refractivity contribution in [2.24, 2.45) is 0 Å². The van der Waals surface area contributed by atoms with Gasteiger partial charge in [0, 0.05) is 0 Å². The number of hydrogen-bond donors (Lipinski definition) is 0. The van der Waals surface area contributed by atoms with Crippen LogP contribution in [0.15, 0.2) is 23.9 Å². The van der Waals surface area contributed by atoms with Crippen molar-refractivity contribution < 1.29 is 0 Å². The van der Waals surface area contributed by atoms with Crippen LogP contribution in [-0.4, -0.2) is 22.7 Å². The third kappa shape index (κ3) is 1.45. The van der Waals surface area contributed by atoms with Crippen molar-refractivity contribution in [2.45, 2.75) is 6.92 Å². The lowest BCUT2D eigenvalue weighted by Crippen LogP contribution is -2.27. The topological polar surface area (TPSA) is 3.24 Å². The van der Waals surface area contributed by atoms with E-state index in [2.05, 4.69) is 49.5 Å². The normalized spacial score (nSPS) is 9.50. The molecule has 0 atom stereocenters. The van der Waals surface area contributed by atoms with Crippen molar-refractivity contribution in [1.82, 2.24) is 0 Å². The van der Waals surface area contributed by atoms with Crippen molar-refractivity contribution in [2.75, 3.05) is 18.7 Å². The first kappa shape index (κ1) is 7.47. The number of rotatable bonds is 1. The number of hydrogen-bond acceptors (Lipinski definition) is 1. The summed E-state index contributed by atoms with van der Waals surface area (Å²) in [5, 5.41) is 1.51. The van der Waals surface area contributed by atoms with Crippen LogP contribution in [0.3, 0.4) is 0 Å². The van der Waals surface area contributed by atoms with E-state index in [0.29, 0.717) is 0 Å². The van der Waals surface area contributed by atoms with E-state index in [1.807, 2.05) is 0 Å². The van der Waals surface area contributed by atoms with Gasteiger partial charge in [0.05, 0.1) is 0 Å². The van der Waals surface area contributed by atoms with Gasteiger partial charge in [0.2, 0.25) is 0 Å². The van der Waals surface area contributed by atoms with E-state index in [9.17, 15) is 0 Å². The van der Waals surface area contributed by atoms with Crippen molar-refractivity contribution in [3.8, 4) is 0 Å². The minimum atomic E-state index is -0.460. The Morgan fingerprint density at radius 1 is 1.30 bits per heavy atom. The van der Waals surface area contributed by atoms with Crippen molar-refractivity contribution in [1.29, 1.82) is 0 Å². The summed E-state index contributed by atoms with van der Waals surface area (Å²) in [4.78, 5) is 0. The monoisotopic (exact) mass is 151 g/mol. The maximum atomic E-state index is 2.31. The molecular formula is C8H13NSi. The molecule has 0 aliphatic heterocycles. The molecule has 0 radical (unpaired) electrons. The van der Waals surface area contributed by atoms with Gasteiger partial charge in [-0.05, 0) is 26.2 Å². The van der Waals surface area contributed by atoms with Crippen LogP contribution in [-0.2, 0) is 0 Å². The van der Waals surface area contributed by atoms with Gasteiger partial charge >= 0.3 is 0 Å². The Morgan fingerprint density at radius 2 is 2.00 bits per heavy atom. The quantitative estimate of drug-likeness (QED) is 0.545. The standard InChI is InChI=1S/C8H13NSi/c1-8-6-4-5-7-10(8)9(2)3/h4-7H,1-3H3. The summed E-state index contributed by atoms with van der Waals surface area (Å²) in [6.07, 6.45) is 0. The summed E-state index contributed by atoms with van der Waals surface area (Å²) in [6.45, 7) is 2.20. The molecule has 1 nitrogen and oxygen atoms in total. The number of nitrogens with zero attached hydrogens (tertiary/aromatic N) is 1. The maximum absolute atomic E-state index is 2.31. The third-order valence-electron chi connectivity index (χ3n) is 1.60. The molecule has 0 fully saturated rings. The van der Waals surface area contributed by atoms with Crippen molar-refractivity contribution >= 4 is 8.56 Å². The first-order valence-corrected chi connectivity index (χ1v) is 4.97. The van der Waals surface area contributed by atoms with Gasteiger partial charge in [0.15, 0.2) is 8.56 Å². The van der Waals surface area contributed by atoms with E-state index >= 15 is 0 Å². The third-order valence-corrected chi connectivity index (χ3v) is 4.04. The fraction of sp³-hybridized carbons (Fsp3) is 0.375. The van der Waals surface area contributed by atoms with E-state index in [-0.39, 0.29) is 0 Å². The average Bonchev–Trinajstić information content (AvgIpc) is 1.88. The Bertz CT molecular complexity index is 220. The van der Waals surface area contributed by atoms with Gasteiger partial charge in [0.1, 0.15) is 0 Å². The second-order valence-corrected chi connectivity index (χ2v) is 5.47. The second kappa shape index (κ2) is 2.97. The highest BCUT2D eigenvalue weighted by Gasteiger charge is 1.97. The van der Waals surface area contributed by atoms with Crippen LogP contribution < -0.4 is 4.57 Å². The molecule has 54 valence electrons. The average molecular weight is 151 g/mol. The van der Waals surface area contributed by atoms with Crippen LogP contribution in [0.2, 0.25) is 0 Å². The molecular weight excluding hydrogens is 138 g/mol. The summed E-state index contributed by atoms with van der Waals surface area (Å²) >= 11 is 0. The van der Waals surface area contributed by atoms with Crippen LogP contribution in [0.1, 0.15) is 5.17 Å². The van der Waals surface area contributed by atoms with Crippen LogP contribution in [0.5, 0.6) is 0 Å². The summed E-state index contributed by atoms with van der Waals surface area (Å²) in [5.41, 5.74) is 2.31. The molecule has 1 aromatic heterocycles. The molecule has 0 unspecified atom stereocenters. The molecule has 0 saturated carbocycles. The second-order valence-electron chi connectivity index (χ2n) is 2.68. The molecule has 0 aromatic carbocycles. The Balaban J connectivity index is 3.03. The molecule has 0 N–H and O–H groups in total. The highest BCUT2D eigenvalue weighted by atomic mass is 28.2. The number of aryl methyl sites for hydroxylation is 1. The summed E-state index contributed by atoms with van der Waals surface area (Å²) in [5.74, 6) is 0. The van der Waals surface area contributed by atoms with E-state index in [4.69, 9.17) is 0 Å². The zero-order valence-corrected chi connectivity index (χ0v) is 7.76. The Hall–Kier alpha value is -0.633. The Morgan fingerprint density at radius 3 is 2.40 bits per heavy atom. The van der Waals surface area contributed by atoms with Crippen LogP contribution >= 0.6 is 0 Å². The van der Waals surface area contributed by atoms with Gasteiger partial charge in [-0.1, -0.05) is 23.9 Å². The molecule has 0 amide bonds. The molecule has 1 rings (SSSR count). The van der Waals surface area contributed by atoms with E-state index in [0.717, 1.165) is 0 Å². The van der Waals surface area contributed by atoms with Crippen LogP contribution in [0.4, 0.5) is 0 Å². The lowest BCUT2D eigenvalue weighted by molar-refractivity contribution is 1.23. The molecule has 0 saturated heterocycles. The van der Waals surface area contributed by atoms with Crippen LogP contribution in [0, 0.1) is 6.92 Å². The van der Waals surface area contributed by atoms with Crippen LogP contribution in [0.25, 0.3) is 0 Å². The first-order valence-electron chi connectivity index (χ1n) is 3.45. The van der Waals surface area contributed by atoms with E-state index in [1.54, 1.807) is 0 Å². The molecule has 10 heavy (non-hydrogen) atoms. The van der Waals surface area contributed by atoms with Crippen molar-refractivity contribution in [3.05, 3.63) is 29.1 Å². The smallest absolute Gasteiger partial charge is 0.156 e. The Labute approximate surface area is 63.9 Å². The van der Waals surface area contributed by atoms with Crippen molar-refractivity contribution in [3.63, 3.8) is 0 Å². The first-order chi connectivity index (χ1) is 4.72. The molecule has 1 aromatic rings. The SMILES string of the molecule is Cc1cccc[si]1N(C)C. The van der Waals surface area contributed by atoms with Gasteiger partial charge in [-0.2, -0.15) is 0 Å². The van der Waals surface area contributed by atoms with Gasteiger partial charge in [0.25, 0.3) is 0 Å². The molecule has 0 bridgehead atoms. The maximum Gasteiger partial charge on any atom is 0.156 e. The van der Waals surface area contributed by atoms with Gasteiger partial charge in [-0.3, -0.25) is 0 Å². The minimum absolute atomic E-state index is 0.460. The van der Waals surface area contributed by atoms with Gasteiger partial charge in [-0.15, -0.1) is 0 Å². The summed E-state index contributed by atoms with van der Waals surface area (Å²) < 4.78 is 2.31. The molecule has 1 heterocycles. The fourth-order valence-corrected chi connectivity index (χ4v) is 2.89. The van der Waals surface area contributed by atoms with Gasteiger partial charge in [-0.25, -0.2) is 0 Å². The van der Waals surface area contributed by atoms with Gasteiger partial charge < -0.3 is 4.57 Å². The predicted molar refractivity (Wildman–Crippen MR) is 47.2 cm³/mol. The summed E-state index contributed by atoms with van der Waals surface area (Å²) in [7, 11) is 3.82. The summed E-state index contributed by atoms with van der Waals surface area (Å²) in [6, 6.07) is 6.45. The minimum Gasteiger partial charge on any atom is -0.410 e. The van der Waals surface area contributed by atoms with E-state index < -0.39 is 8.56 Å². The molecule has 0 spiro atoms. The largest absolute Gasteiger partial charge is 0.410 e. The predicted octanol–water partition coefficient (Wildman–Crippen LogP) is 1.22. The molecule has 0 aliphatic carbocycles. The fourth-order valence-electron chi connectivity index (χ4n) is 1.07. The zero-order chi connectivity index (χ0) is 7.56. The zero-order valence-electron chi connectivity index (χ0n) is 6.76. The molecule has 2 heteroatoms. The lowest BCUT2D eigenvalue weighted by Gasteiger charge is -2.13. The molecule has 0 aliphatic rings. The Kier molecular flexibility index (Phi) is 2.22. The highest BCUT2D eigenvalue weighted by Crippen LogP contribution is 1.94. The highest BCUT2D eigenvalue weighted by molar-refractivity contribution is 6.55.